The minimum absolute atomic E-state index is 0.0903. The molecule has 1 saturated heterocycles. The minimum Gasteiger partial charge on any atom is -0.366 e. The van der Waals surface area contributed by atoms with Gasteiger partial charge in [0.25, 0.3) is 5.91 Å². The number of benzene rings is 2. The average molecular weight is 431 g/mol. The number of halogens is 1. The van der Waals surface area contributed by atoms with Crippen LogP contribution in [0, 0.1) is 12.7 Å². The Morgan fingerprint density at radius 2 is 1.69 bits per heavy atom. The number of aryl methyl sites for hydroxylation is 1. The van der Waals surface area contributed by atoms with Gasteiger partial charge >= 0.3 is 0 Å². The molecule has 7 nitrogen and oxygen atoms in total. The summed E-state index contributed by atoms with van der Waals surface area (Å²) in [5.41, 5.74) is 2.23. The van der Waals surface area contributed by atoms with E-state index in [1.54, 1.807) is 34.7 Å². The number of pyridine rings is 1. The van der Waals surface area contributed by atoms with Crippen molar-refractivity contribution in [3.63, 3.8) is 0 Å². The molecule has 8 heteroatoms. The summed E-state index contributed by atoms with van der Waals surface area (Å²) in [4.78, 5) is 33.0. The van der Waals surface area contributed by atoms with Crippen molar-refractivity contribution in [1.82, 2.24) is 19.7 Å². The summed E-state index contributed by atoms with van der Waals surface area (Å²) < 4.78 is 15.8. The Bertz CT molecular complexity index is 1350. The molecule has 0 unspecified atom stereocenters. The first kappa shape index (κ1) is 20.0. The molecule has 2 aromatic carbocycles. The molecule has 3 heterocycles. The molecule has 0 spiro atoms. The highest BCUT2D eigenvalue weighted by molar-refractivity contribution is 5.97. The Kier molecular flexibility index (Phi) is 4.97. The summed E-state index contributed by atoms with van der Waals surface area (Å²) in [7, 11) is 0. The molecule has 0 saturated carbocycles. The molecule has 0 radical (unpaired) electrons. The fourth-order valence-corrected chi connectivity index (χ4v) is 4.22. The summed E-state index contributed by atoms with van der Waals surface area (Å²) >= 11 is 0. The van der Waals surface area contributed by atoms with E-state index in [0.29, 0.717) is 48.6 Å². The van der Waals surface area contributed by atoms with Crippen molar-refractivity contribution in [2.24, 2.45) is 0 Å². The molecule has 1 aliphatic rings. The van der Waals surface area contributed by atoms with Gasteiger partial charge in [0.2, 0.25) is 5.43 Å². The topological polar surface area (TPSA) is 74.2 Å². The van der Waals surface area contributed by atoms with Crippen molar-refractivity contribution < 1.29 is 9.18 Å². The SMILES string of the molecule is Cc1nn(-c2ccccc2)c2[nH]cc(C(=O)N3CCN(c4ccccc4F)CC3)c(=O)c12. The van der Waals surface area contributed by atoms with Crippen LogP contribution >= 0.6 is 0 Å². The van der Waals surface area contributed by atoms with Gasteiger partial charge in [0.05, 0.1) is 22.5 Å². The lowest BCUT2D eigenvalue weighted by Gasteiger charge is -2.36. The van der Waals surface area contributed by atoms with Gasteiger partial charge in [0.1, 0.15) is 17.0 Å². The number of anilines is 1. The van der Waals surface area contributed by atoms with E-state index in [2.05, 4.69) is 10.1 Å². The number of nitrogens with one attached hydrogen (secondary N) is 1. The molecule has 5 rings (SSSR count). The third kappa shape index (κ3) is 3.33. The molecule has 0 aliphatic carbocycles. The van der Waals surface area contributed by atoms with Crippen LogP contribution in [0.1, 0.15) is 16.1 Å². The maximum absolute atomic E-state index is 14.1. The van der Waals surface area contributed by atoms with Gasteiger partial charge < -0.3 is 14.8 Å². The minimum atomic E-state index is -0.333. The molecule has 1 fully saturated rings. The van der Waals surface area contributed by atoms with Crippen molar-refractivity contribution in [2.75, 3.05) is 31.1 Å². The van der Waals surface area contributed by atoms with E-state index in [9.17, 15) is 14.0 Å². The number of nitrogens with zero attached hydrogens (tertiary/aromatic N) is 4. The number of rotatable bonds is 3. The summed E-state index contributed by atoms with van der Waals surface area (Å²) in [6, 6.07) is 16.1. The van der Waals surface area contributed by atoms with Gasteiger partial charge in [-0.05, 0) is 31.2 Å². The second-order valence-electron chi connectivity index (χ2n) is 7.82. The third-order valence-corrected chi connectivity index (χ3v) is 5.88. The predicted molar refractivity (Wildman–Crippen MR) is 121 cm³/mol. The van der Waals surface area contributed by atoms with Gasteiger partial charge in [0.15, 0.2) is 0 Å². The normalized spacial score (nSPS) is 14.2. The number of amides is 1. The zero-order valence-electron chi connectivity index (χ0n) is 17.6. The molecule has 1 aliphatic heterocycles. The van der Waals surface area contributed by atoms with Crippen LogP contribution in [0.15, 0.2) is 65.6 Å². The summed E-state index contributed by atoms with van der Waals surface area (Å²) in [5.74, 6) is -0.603. The number of piperazine rings is 1. The summed E-state index contributed by atoms with van der Waals surface area (Å²) in [5, 5.41) is 4.91. The number of hydrogen-bond donors (Lipinski definition) is 1. The highest BCUT2D eigenvalue weighted by Gasteiger charge is 2.26. The molecule has 2 aromatic heterocycles. The van der Waals surface area contributed by atoms with Crippen LogP contribution in [0.5, 0.6) is 0 Å². The summed E-state index contributed by atoms with van der Waals surface area (Å²) in [6.45, 7) is 3.58. The number of fused-ring (bicyclic) bond motifs is 1. The molecule has 1 amide bonds. The van der Waals surface area contributed by atoms with Crippen molar-refractivity contribution in [1.29, 1.82) is 0 Å². The van der Waals surface area contributed by atoms with Gasteiger partial charge in [-0.2, -0.15) is 5.10 Å². The van der Waals surface area contributed by atoms with Gasteiger partial charge in [0, 0.05) is 32.4 Å². The van der Waals surface area contributed by atoms with Crippen LogP contribution in [0.25, 0.3) is 16.7 Å². The van der Waals surface area contributed by atoms with E-state index in [0.717, 1.165) is 5.69 Å². The lowest BCUT2D eigenvalue weighted by molar-refractivity contribution is 0.0745. The third-order valence-electron chi connectivity index (χ3n) is 5.88. The van der Waals surface area contributed by atoms with Crippen molar-refractivity contribution in [3.8, 4) is 5.69 Å². The zero-order chi connectivity index (χ0) is 22.2. The summed E-state index contributed by atoms with van der Waals surface area (Å²) in [6.07, 6.45) is 1.47. The fourth-order valence-electron chi connectivity index (χ4n) is 4.22. The first-order valence-corrected chi connectivity index (χ1v) is 10.5. The molecular weight excluding hydrogens is 409 g/mol. The fraction of sp³-hybridized carbons (Fsp3) is 0.208. The van der Waals surface area contributed by atoms with Crippen LogP contribution in [-0.4, -0.2) is 51.8 Å². The number of aromatic amines is 1. The predicted octanol–water partition coefficient (Wildman–Crippen LogP) is 3.12. The van der Waals surface area contributed by atoms with E-state index in [1.807, 2.05) is 35.2 Å². The van der Waals surface area contributed by atoms with E-state index in [1.165, 1.54) is 12.3 Å². The van der Waals surface area contributed by atoms with E-state index >= 15 is 0 Å². The number of carbonyl (C=O) groups is 1. The first-order valence-electron chi connectivity index (χ1n) is 10.5. The van der Waals surface area contributed by atoms with Crippen LogP contribution in [0.2, 0.25) is 0 Å². The highest BCUT2D eigenvalue weighted by Crippen LogP contribution is 2.21. The zero-order valence-corrected chi connectivity index (χ0v) is 17.6. The lowest BCUT2D eigenvalue weighted by atomic mass is 10.1. The number of para-hydroxylation sites is 2. The smallest absolute Gasteiger partial charge is 0.259 e. The van der Waals surface area contributed by atoms with E-state index in [4.69, 9.17) is 0 Å². The highest BCUT2D eigenvalue weighted by atomic mass is 19.1. The monoisotopic (exact) mass is 431 g/mol. The molecule has 0 bridgehead atoms. The van der Waals surface area contributed by atoms with Crippen molar-refractivity contribution >= 4 is 22.6 Å². The van der Waals surface area contributed by atoms with Crippen LogP contribution in [0.4, 0.5) is 10.1 Å². The molecular formula is C24H22FN5O2. The maximum atomic E-state index is 14.1. The Morgan fingerprint density at radius 3 is 2.41 bits per heavy atom. The standard InChI is InChI=1S/C24H22FN5O2/c1-16-21-22(31)18(15-26-23(21)30(27-16)17-7-3-2-4-8-17)24(32)29-13-11-28(12-14-29)20-10-6-5-9-19(20)25/h2-10,15H,11-14H2,1H3,(H,26,31). The maximum Gasteiger partial charge on any atom is 0.259 e. The molecule has 0 atom stereocenters. The number of aromatic nitrogens is 3. The Balaban J connectivity index is 1.41. The number of hydrogen-bond acceptors (Lipinski definition) is 4. The van der Waals surface area contributed by atoms with Crippen LogP contribution in [-0.2, 0) is 0 Å². The van der Waals surface area contributed by atoms with E-state index < -0.39 is 0 Å². The van der Waals surface area contributed by atoms with E-state index in [-0.39, 0.29) is 22.7 Å². The average Bonchev–Trinajstić information content (AvgIpc) is 3.17. The van der Waals surface area contributed by atoms with Gasteiger partial charge in [-0.1, -0.05) is 30.3 Å². The van der Waals surface area contributed by atoms with Gasteiger partial charge in [-0.15, -0.1) is 0 Å². The Labute approximate surface area is 183 Å². The first-order chi connectivity index (χ1) is 15.5. The molecule has 162 valence electrons. The largest absolute Gasteiger partial charge is 0.366 e. The van der Waals surface area contributed by atoms with Crippen LogP contribution in [0.3, 0.4) is 0 Å². The molecule has 32 heavy (non-hydrogen) atoms. The van der Waals surface area contributed by atoms with Crippen LogP contribution < -0.4 is 10.3 Å². The Hall–Kier alpha value is -3.94. The molecule has 1 N–H and O–H groups in total. The van der Waals surface area contributed by atoms with Crippen molar-refractivity contribution in [3.05, 3.63) is 88.1 Å². The van der Waals surface area contributed by atoms with Gasteiger partial charge in [-0.25, -0.2) is 9.07 Å². The lowest BCUT2D eigenvalue weighted by Crippen LogP contribution is -2.49. The molecule has 4 aromatic rings. The van der Waals surface area contributed by atoms with Crippen molar-refractivity contribution in [2.45, 2.75) is 6.92 Å². The Morgan fingerprint density at radius 1 is 1.00 bits per heavy atom. The number of carbonyl (C=O) groups excluding carboxylic acids is 1. The van der Waals surface area contributed by atoms with Gasteiger partial charge in [-0.3, -0.25) is 9.59 Å². The quantitative estimate of drug-likeness (QED) is 0.541. The second kappa shape index (κ2) is 7.96. The second-order valence-corrected chi connectivity index (χ2v) is 7.82. The number of H-pyrrole nitrogens is 1.